The third-order valence-corrected chi connectivity index (χ3v) is 11.6. The van der Waals surface area contributed by atoms with Crippen LogP contribution in [0.25, 0.3) is 0 Å². The number of allylic oxidation sites excluding steroid dienone is 2. The number of carbonyl (C=O) groups is 4. The highest BCUT2D eigenvalue weighted by atomic mass is 35.5. The number of nitrogens with one attached hydrogen (secondary N) is 1. The standard InChI is InChI=1S/C40H32ClFN4O9/c1-54-26-17-31(47)34(32(18-26)55-2)35-27-14-15-28-33(38(50)44(36(28)48)24-4-3-5-25(16-24)46(52)53)29(27)19-30-37(49)45(43-23-12-10-22(42)11-13-23)39(51)40(30,35)20-6-8-21(41)9-7-20/h3-14,16-18,28-30,33,35,43,47H,15,19H2,1-2H3. The van der Waals surface area contributed by atoms with Crippen LogP contribution in [0.2, 0.25) is 5.02 Å². The lowest BCUT2D eigenvalue weighted by Gasteiger charge is -2.50. The van der Waals surface area contributed by atoms with Gasteiger partial charge in [0.05, 0.1) is 53.7 Å². The number of phenols is 1. The molecule has 2 aliphatic heterocycles. The molecule has 15 heteroatoms. The Morgan fingerprint density at radius 3 is 2.33 bits per heavy atom. The predicted molar refractivity (Wildman–Crippen MR) is 196 cm³/mol. The number of nitrogens with zero attached hydrogens (tertiary/aromatic N) is 3. The van der Waals surface area contributed by atoms with E-state index >= 15 is 4.79 Å². The maximum atomic E-state index is 15.4. The molecule has 2 N–H and O–H groups in total. The maximum Gasteiger partial charge on any atom is 0.271 e. The van der Waals surface area contributed by atoms with Gasteiger partial charge in [-0.15, -0.1) is 0 Å². The lowest BCUT2D eigenvalue weighted by Crippen LogP contribution is -2.53. The van der Waals surface area contributed by atoms with Gasteiger partial charge in [-0.05, 0) is 66.8 Å². The first kappa shape index (κ1) is 35.7. The normalized spacial score (nSPS) is 25.6. The van der Waals surface area contributed by atoms with Crippen molar-refractivity contribution in [3.05, 3.63) is 129 Å². The van der Waals surface area contributed by atoms with Crippen molar-refractivity contribution in [3.63, 3.8) is 0 Å². The van der Waals surface area contributed by atoms with E-state index < -0.39 is 69.4 Å². The Bertz CT molecular complexity index is 2340. The SMILES string of the molecule is COc1cc(O)c(C2C3=CCC4C(=O)N(c5cccc([N+](=O)[O-])c5)C(=O)C4C3CC3C(=O)N(Nc4ccc(F)cc4)C(=O)C32c2ccc(Cl)cc2)c(OC)c1. The molecule has 2 aliphatic carbocycles. The number of rotatable bonds is 8. The van der Waals surface area contributed by atoms with Crippen LogP contribution in [0.1, 0.15) is 29.9 Å². The zero-order chi connectivity index (χ0) is 38.9. The number of ether oxygens (including phenoxy) is 2. The zero-order valence-electron chi connectivity index (χ0n) is 29.3. The molecular weight excluding hydrogens is 735 g/mol. The predicted octanol–water partition coefficient (Wildman–Crippen LogP) is 6.30. The van der Waals surface area contributed by atoms with Gasteiger partial charge in [0.25, 0.3) is 17.5 Å². The summed E-state index contributed by atoms with van der Waals surface area (Å²) in [5, 5.41) is 24.7. The number of hydrazine groups is 1. The number of phenolic OH excluding ortho intramolecular Hbond substituents is 1. The summed E-state index contributed by atoms with van der Waals surface area (Å²) >= 11 is 6.36. The van der Waals surface area contributed by atoms with E-state index in [-0.39, 0.29) is 52.7 Å². The molecule has 6 atom stereocenters. The van der Waals surface area contributed by atoms with E-state index in [4.69, 9.17) is 21.1 Å². The molecule has 4 aromatic carbocycles. The van der Waals surface area contributed by atoms with Gasteiger partial charge in [0.15, 0.2) is 0 Å². The third kappa shape index (κ3) is 5.34. The molecule has 0 radical (unpaired) electrons. The molecule has 8 rings (SSSR count). The molecule has 0 aromatic heterocycles. The Morgan fingerprint density at radius 2 is 1.65 bits per heavy atom. The lowest BCUT2D eigenvalue weighted by molar-refractivity contribution is -0.384. The summed E-state index contributed by atoms with van der Waals surface area (Å²) in [7, 11) is 2.80. The van der Waals surface area contributed by atoms with Gasteiger partial charge in [-0.3, -0.25) is 34.7 Å². The van der Waals surface area contributed by atoms with Gasteiger partial charge < -0.3 is 14.6 Å². The van der Waals surface area contributed by atoms with Crippen molar-refractivity contribution in [3.8, 4) is 17.2 Å². The van der Waals surface area contributed by atoms with Crippen molar-refractivity contribution in [1.29, 1.82) is 0 Å². The molecule has 13 nitrogen and oxygen atoms in total. The van der Waals surface area contributed by atoms with Crippen molar-refractivity contribution in [2.24, 2.45) is 23.7 Å². The van der Waals surface area contributed by atoms with Crippen LogP contribution in [0.4, 0.5) is 21.5 Å². The fourth-order valence-corrected chi connectivity index (χ4v) is 9.26. The second-order valence-corrected chi connectivity index (χ2v) is 14.4. The van der Waals surface area contributed by atoms with Crippen molar-refractivity contribution >= 4 is 52.3 Å². The molecule has 4 amide bonds. The molecule has 2 heterocycles. The summed E-state index contributed by atoms with van der Waals surface area (Å²) in [4.78, 5) is 70.8. The van der Waals surface area contributed by atoms with Crippen LogP contribution in [0, 0.1) is 39.6 Å². The van der Waals surface area contributed by atoms with Gasteiger partial charge in [-0.1, -0.05) is 41.4 Å². The Balaban J connectivity index is 1.35. The van der Waals surface area contributed by atoms with Gasteiger partial charge in [0.1, 0.15) is 23.1 Å². The van der Waals surface area contributed by atoms with Gasteiger partial charge >= 0.3 is 0 Å². The number of non-ortho nitro benzene ring substituents is 1. The van der Waals surface area contributed by atoms with Gasteiger partial charge in [-0.25, -0.2) is 9.29 Å². The fourth-order valence-electron chi connectivity index (χ4n) is 9.13. The largest absolute Gasteiger partial charge is 0.507 e. The smallest absolute Gasteiger partial charge is 0.271 e. The molecule has 280 valence electrons. The Labute approximate surface area is 318 Å². The Kier molecular flexibility index (Phi) is 8.60. The number of benzene rings is 4. The molecule has 1 saturated carbocycles. The van der Waals surface area contributed by atoms with Gasteiger partial charge in [-0.2, -0.15) is 5.01 Å². The summed E-state index contributed by atoms with van der Waals surface area (Å²) in [6, 6.07) is 19.7. The van der Waals surface area contributed by atoms with E-state index in [9.17, 15) is 34.0 Å². The number of nitro benzene ring substituents is 1. The first-order valence-corrected chi connectivity index (χ1v) is 17.7. The molecule has 55 heavy (non-hydrogen) atoms. The number of halogens is 2. The third-order valence-electron chi connectivity index (χ3n) is 11.4. The number of amides is 4. The molecule has 6 unspecified atom stereocenters. The number of anilines is 2. The number of aromatic hydroxyl groups is 1. The summed E-state index contributed by atoms with van der Waals surface area (Å²) in [5.74, 6) is -8.03. The number of methoxy groups -OCH3 is 2. The minimum absolute atomic E-state index is 0.0410. The lowest BCUT2D eigenvalue weighted by atomic mass is 9.49. The topological polar surface area (TPSA) is 169 Å². The van der Waals surface area contributed by atoms with E-state index in [2.05, 4.69) is 5.43 Å². The average molecular weight is 767 g/mol. The number of hydrogen-bond donors (Lipinski definition) is 2. The molecule has 4 aliphatic rings. The van der Waals surface area contributed by atoms with Crippen molar-refractivity contribution in [1.82, 2.24) is 5.01 Å². The monoisotopic (exact) mass is 766 g/mol. The second-order valence-electron chi connectivity index (χ2n) is 13.9. The van der Waals surface area contributed by atoms with E-state index in [1.165, 1.54) is 62.8 Å². The Morgan fingerprint density at radius 1 is 0.927 bits per heavy atom. The van der Waals surface area contributed by atoms with Crippen LogP contribution in [0.5, 0.6) is 17.2 Å². The van der Waals surface area contributed by atoms with Gasteiger partial charge in [0, 0.05) is 40.8 Å². The Hall–Kier alpha value is -6.28. The second kappa shape index (κ2) is 13.2. The highest BCUT2D eigenvalue weighted by Crippen LogP contribution is 2.66. The van der Waals surface area contributed by atoms with Crippen molar-refractivity contribution in [2.45, 2.75) is 24.2 Å². The van der Waals surface area contributed by atoms with E-state index in [1.807, 2.05) is 0 Å². The highest BCUT2D eigenvalue weighted by Gasteiger charge is 2.71. The minimum atomic E-state index is -1.78. The summed E-state index contributed by atoms with van der Waals surface area (Å²) in [5.41, 5.74) is 2.14. The van der Waals surface area contributed by atoms with Crippen LogP contribution in [-0.2, 0) is 24.6 Å². The van der Waals surface area contributed by atoms with Crippen LogP contribution in [0.3, 0.4) is 0 Å². The average Bonchev–Trinajstić information content (AvgIpc) is 3.56. The number of fused-ring (bicyclic) bond motifs is 4. The number of carbonyl (C=O) groups excluding carboxylic acids is 4. The van der Waals surface area contributed by atoms with Crippen molar-refractivity contribution in [2.75, 3.05) is 24.5 Å². The molecule has 2 saturated heterocycles. The summed E-state index contributed by atoms with van der Waals surface area (Å²) in [6.07, 6.45) is 1.78. The van der Waals surface area contributed by atoms with Crippen LogP contribution >= 0.6 is 11.6 Å². The van der Waals surface area contributed by atoms with E-state index in [0.29, 0.717) is 16.2 Å². The maximum absolute atomic E-state index is 15.4. The molecule has 3 fully saturated rings. The number of nitro groups is 1. The number of imide groups is 2. The van der Waals surface area contributed by atoms with Crippen molar-refractivity contribution < 1.29 is 43.1 Å². The quantitative estimate of drug-likeness (QED) is 0.0899. The molecular formula is C40H32ClFN4O9. The molecule has 0 spiro atoms. The van der Waals surface area contributed by atoms with Crippen LogP contribution in [-0.4, -0.2) is 52.9 Å². The fraction of sp³-hybridized carbons (Fsp3) is 0.250. The first-order valence-electron chi connectivity index (χ1n) is 17.3. The van der Waals surface area contributed by atoms with E-state index in [1.54, 1.807) is 36.4 Å². The zero-order valence-corrected chi connectivity index (χ0v) is 30.0. The van der Waals surface area contributed by atoms with Gasteiger partial charge in [0.2, 0.25) is 11.8 Å². The molecule has 4 aromatic rings. The summed E-state index contributed by atoms with van der Waals surface area (Å²) in [6.45, 7) is 0. The van der Waals surface area contributed by atoms with Crippen LogP contribution < -0.4 is 19.8 Å². The minimum Gasteiger partial charge on any atom is -0.507 e. The van der Waals surface area contributed by atoms with Crippen LogP contribution in [0.15, 0.2) is 96.6 Å². The van der Waals surface area contributed by atoms with E-state index in [0.717, 1.165) is 16.0 Å². The first-order chi connectivity index (χ1) is 26.4. The number of hydrogen-bond acceptors (Lipinski definition) is 10. The molecule has 0 bridgehead atoms. The highest BCUT2D eigenvalue weighted by molar-refractivity contribution is 6.30. The summed E-state index contributed by atoms with van der Waals surface area (Å²) < 4.78 is 25.2.